The average molecular weight is 270 g/mol. The van der Waals surface area contributed by atoms with Crippen molar-refractivity contribution in [2.45, 2.75) is 32.7 Å². The molecule has 0 bridgehead atoms. The Morgan fingerprint density at radius 3 is 2.74 bits per heavy atom. The number of urea groups is 1. The first-order valence-electron chi connectivity index (χ1n) is 6.01. The van der Waals surface area contributed by atoms with Gasteiger partial charge in [0.05, 0.1) is 0 Å². The van der Waals surface area contributed by atoms with Crippen LogP contribution in [0, 0.1) is 5.92 Å². The zero-order valence-electron chi connectivity index (χ0n) is 10.9. The molecular weight excluding hydrogens is 252 g/mol. The number of carbonyl (C=O) groups is 2. The van der Waals surface area contributed by atoms with Crippen molar-refractivity contribution in [3.63, 3.8) is 0 Å². The van der Waals surface area contributed by atoms with E-state index in [1.54, 1.807) is 0 Å². The number of aromatic nitrogens is 2. The zero-order valence-corrected chi connectivity index (χ0v) is 10.9. The Bertz CT molecular complexity index is 405. The number of carbonyl (C=O) groups excluding carboxylic acids is 1. The number of nitrogens with zero attached hydrogens (tertiary/aromatic N) is 2. The number of rotatable bonds is 7. The summed E-state index contributed by atoms with van der Waals surface area (Å²) in [4.78, 5) is 26.3. The number of hydrogen-bond acceptors (Lipinski definition) is 5. The fraction of sp³-hybridized carbons (Fsp3) is 0.636. The molecule has 0 fully saturated rings. The molecule has 0 saturated carbocycles. The van der Waals surface area contributed by atoms with Crippen LogP contribution in [0.1, 0.15) is 26.2 Å². The minimum atomic E-state index is -1.04. The van der Waals surface area contributed by atoms with E-state index in [0.717, 1.165) is 0 Å². The van der Waals surface area contributed by atoms with Crippen LogP contribution in [0.5, 0.6) is 0 Å². The highest BCUT2D eigenvalue weighted by Crippen LogP contribution is 2.04. The maximum atomic E-state index is 11.5. The lowest BCUT2D eigenvalue weighted by molar-refractivity contribution is -0.139. The molecule has 8 heteroatoms. The Balaban J connectivity index is 2.30. The number of hydrogen-bond donors (Lipinski definition) is 3. The van der Waals surface area contributed by atoms with Gasteiger partial charge in [0.25, 0.3) is 0 Å². The molecule has 0 unspecified atom stereocenters. The molecule has 1 aromatic rings. The Morgan fingerprint density at radius 1 is 1.47 bits per heavy atom. The summed E-state index contributed by atoms with van der Waals surface area (Å²) in [6.45, 7) is 4.08. The Kier molecular flexibility index (Phi) is 5.77. The van der Waals surface area contributed by atoms with Crippen LogP contribution >= 0.6 is 0 Å². The first kappa shape index (κ1) is 14.9. The molecular formula is C11H18N4O4. The van der Waals surface area contributed by atoms with Crippen molar-refractivity contribution in [2.75, 3.05) is 6.54 Å². The van der Waals surface area contributed by atoms with Crippen molar-refractivity contribution in [1.82, 2.24) is 20.8 Å². The lowest BCUT2D eigenvalue weighted by Gasteiger charge is -2.16. The van der Waals surface area contributed by atoms with Gasteiger partial charge in [0.2, 0.25) is 5.89 Å². The topological polar surface area (TPSA) is 117 Å². The molecule has 106 valence electrons. The van der Waals surface area contributed by atoms with E-state index in [1.807, 2.05) is 13.8 Å². The van der Waals surface area contributed by atoms with Gasteiger partial charge in [-0.1, -0.05) is 19.0 Å². The monoisotopic (exact) mass is 270 g/mol. The van der Waals surface area contributed by atoms with E-state index in [-0.39, 0.29) is 5.92 Å². The summed E-state index contributed by atoms with van der Waals surface area (Å²) in [7, 11) is 0. The SMILES string of the molecule is CC(C)C[C@H](NC(=O)NCCc1ncno1)C(=O)O. The van der Waals surface area contributed by atoms with Crippen LogP contribution < -0.4 is 10.6 Å². The van der Waals surface area contributed by atoms with Crippen molar-refractivity contribution in [2.24, 2.45) is 5.92 Å². The van der Waals surface area contributed by atoms with Crippen LogP contribution in [0.2, 0.25) is 0 Å². The highest BCUT2D eigenvalue weighted by atomic mass is 16.5. The van der Waals surface area contributed by atoms with Gasteiger partial charge in [-0.15, -0.1) is 0 Å². The first-order chi connectivity index (χ1) is 8.99. The third-order valence-electron chi connectivity index (χ3n) is 2.34. The van der Waals surface area contributed by atoms with Crippen molar-refractivity contribution in [3.05, 3.63) is 12.2 Å². The normalized spacial score (nSPS) is 12.2. The number of carboxylic acid groups (broad SMARTS) is 1. The van der Waals surface area contributed by atoms with Crippen LogP contribution in [0.3, 0.4) is 0 Å². The zero-order chi connectivity index (χ0) is 14.3. The molecule has 0 aliphatic carbocycles. The molecule has 8 nitrogen and oxygen atoms in total. The van der Waals surface area contributed by atoms with Crippen LogP contribution in [-0.2, 0) is 11.2 Å². The summed E-state index contributed by atoms with van der Waals surface area (Å²) in [6.07, 6.45) is 2.06. The number of nitrogens with one attached hydrogen (secondary N) is 2. The summed E-state index contributed by atoms with van der Waals surface area (Å²) in [6, 6.07) is -1.41. The van der Waals surface area contributed by atoms with Gasteiger partial charge in [-0.2, -0.15) is 4.98 Å². The van der Waals surface area contributed by atoms with Crippen LogP contribution in [-0.4, -0.2) is 39.8 Å². The third-order valence-corrected chi connectivity index (χ3v) is 2.34. The van der Waals surface area contributed by atoms with Crippen molar-refractivity contribution < 1.29 is 19.2 Å². The second-order valence-electron chi connectivity index (χ2n) is 4.51. The molecule has 1 rings (SSSR count). The maximum absolute atomic E-state index is 11.5. The fourth-order valence-corrected chi connectivity index (χ4v) is 1.49. The number of aliphatic carboxylic acids is 1. The summed E-state index contributed by atoms with van der Waals surface area (Å²) in [5.41, 5.74) is 0. The van der Waals surface area contributed by atoms with Gasteiger partial charge in [-0.05, 0) is 12.3 Å². The highest BCUT2D eigenvalue weighted by molar-refractivity contribution is 5.82. The molecule has 0 aliphatic rings. The van der Waals surface area contributed by atoms with E-state index in [0.29, 0.717) is 25.3 Å². The molecule has 0 aliphatic heterocycles. The molecule has 1 atom stereocenters. The van der Waals surface area contributed by atoms with E-state index in [1.165, 1.54) is 6.33 Å². The van der Waals surface area contributed by atoms with Gasteiger partial charge in [0, 0.05) is 13.0 Å². The van der Waals surface area contributed by atoms with E-state index in [9.17, 15) is 9.59 Å². The lowest BCUT2D eigenvalue weighted by atomic mass is 10.0. The van der Waals surface area contributed by atoms with Gasteiger partial charge in [0.1, 0.15) is 6.04 Å². The smallest absolute Gasteiger partial charge is 0.326 e. The van der Waals surface area contributed by atoms with Gasteiger partial charge in [-0.3, -0.25) is 0 Å². The predicted molar refractivity (Wildman–Crippen MR) is 65.4 cm³/mol. The fourth-order valence-electron chi connectivity index (χ4n) is 1.49. The van der Waals surface area contributed by atoms with Crippen LogP contribution in [0.4, 0.5) is 4.79 Å². The molecule has 1 heterocycles. The summed E-state index contributed by atoms with van der Waals surface area (Å²) in [5, 5.41) is 17.4. The maximum Gasteiger partial charge on any atom is 0.326 e. The van der Waals surface area contributed by atoms with Crippen molar-refractivity contribution in [3.8, 4) is 0 Å². The largest absolute Gasteiger partial charge is 0.480 e. The van der Waals surface area contributed by atoms with E-state index < -0.39 is 18.0 Å². The molecule has 19 heavy (non-hydrogen) atoms. The molecule has 0 spiro atoms. The molecule has 1 aromatic heterocycles. The lowest BCUT2D eigenvalue weighted by Crippen LogP contribution is -2.47. The standard InChI is InChI=1S/C11H18N4O4/c1-7(2)5-8(10(16)17)15-11(18)12-4-3-9-13-6-14-19-9/h6-8H,3-5H2,1-2H3,(H,16,17)(H2,12,15,18)/t8-/m0/s1. The summed E-state index contributed by atoms with van der Waals surface area (Å²) < 4.78 is 4.76. The van der Waals surface area contributed by atoms with Crippen LogP contribution in [0.25, 0.3) is 0 Å². The molecule has 3 N–H and O–H groups in total. The van der Waals surface area contributed by atoms with Gasteiger partial charge >= 0.3 is 12.0 Å². The van der Waals surface area contributed by atoms with E-state index >= 15 is 0 Å². The quantitative estimate of drug-likeness (QED) is 0.660. The number of carboxylic acids is 1. The Morgan fingerprint density at radius 2 is 2.21 bits per heavy atom. The Labute approximate surface area is 110 Å². The molecule has 0 radical (unpaired) electrons. The molecule has 0 aromatic carbocycles. The van der Waals surface area contributed by atoms with Gasteiger partial charge < -0.3 is 20.3 Å². The average Bonchev–Trinajstić information content (AvgIpc) is 2.80. The second-order valence-corrected chi connectivity index (χ2v) is 4.51. The van der Waals surface area contributed by atoms with E-state index in [4.69, 9.17) is 9.63 Å². The minimum absolute atomic E-state index is 0.180. The minimum Gasteiger partial charge on any atom is -0.480 e. The van der Waals surface area contributed by atoms with Gasteiger partial charge in [0.15, 0.2) is 6.33 Å². The van der Waals surface area contributed by atoms with Crippen LogP contribution in [0.15, 0.2) is 10.9 Å². The third kappa shape index (κ3) is 5.84. The first-order valence-corrected chi connectivity index (χ1v) is 6.01. The predicted octanol–water partition coefficient (Wildman–Crippen LogP) is 0.411. The molecule has 0 saturated heterocycles. The second kappa shape index (κ2) is 7.34. The van der Waals surface area contributed by atoms with Gasteiger partial charge in [-0.25, -0.2) is 9.59 Å². The summed E-state index contributed by atoms with van der Waals surface area (Å²) in [5.74, 6) is -0.446. The van der Waals surface area contributed by atoms with Crippen molar-refractivity contribution in [1.29, 1.82) is 0 Å². The van der Waals surface area contributed by atoms with Crippen molar-refractivity contribution >= 4 is 12.0 Å². The highest BCUT2D eigenvalue weighted by Gasteiger charge is 2.20. The number of amides is 2. The summed E-state index contributed by atoms with van der Waals surface area (Å²) >= 11 is 0. The Hall–Kier alpha value is -2.12. The molecule has 2 amide bonds. The van der Waals surface area contributed by atoms with E-state index in [2.05, 4.69) is 20.8 Å².